The lowest BCUT2D eigenvalue weighted by Crippen LogP contribution is -2.50. The van der Waals surface area contributed by atoms with Crippen LogP contribution in [0.2, 0.25) is 18.1 Å². The minimum Gasteiger partial charge on any atom is -0.469 e. The van der Waals surface area contributed by atoms with Gasteiger partial charge in [0.25, 0.3) is 0 Å². The molecule has 0 radical (unpaired) electrons. The van der Waals surface area contributed by atoms with E-state index in [9.17, 15) is 4.79 Å². The molecule has 0 unspecified atom stereocenters. The number of esters is 1. The van der Waals surface area contributed by atoms with Crippen molar-refractivity contribution in [1.82, 2.24) is 0 Å². The summed E-state index contributed by atoms with van der Waals surface area (Å²) >= 11 is 0. The van der Waals surface area contributed by atoms with E-state index in [1.807, 2.05) is 6.08 Å². The zero-order valence-electron chi connectivity index (χ0n) is 19.1. The molecule has 1 rings (SSSR count). The van der Waals surface area contributed by atoms with E-state index in [-0.39, 0.29) is 22.5 Å². The first kappa shape index (κ1) is 24.7. The van der Waals surface area contributed by atoms with Crippen LogP contribution in [0.5, 0.6) is 0 Å². The van der Waals surface area contributed by atoms with E-state index in [1.165, 1.54) is 12.7 Å². The van der Waals surface area contributed by atoms with Crippen LogP contribution in [0.1, 0.15) is 72.6 Å². The number of rotatable bonds is 8. The molecule has 0 aromatic rings. The molecule has 0 N–H and O–H groups in total. The topological polar surface area (TPSA) is 35.5 Å². The minimum absolute atomic E-state index is 0.117. The second-order valence-corrected chi connectivity index (χ2v) is 14.1. The fraction of sp³-hybridized carbons (Fsp3) is 0.708. The third-order valence-corrected chi connectivity index (χ3v) is 10.8. The van der Waals surface area contributed by atoms with E-state index in [2.05, 4.69) is 65.3 Å². The highest BCUT2D eigenvalue weighted by molar-refractivity contribution is 6.74. The molecule has 158 valence electrons. The van der Waals surface area contributed by atoms with Crippen LogP contribution in [-0.4, -0.2) is 27.5 Å². The van der Waals surface area contributed by atoms with Gasteiger partial charge >= 0.3 is 5.97 Å². The number of hydrogen-bond acceptors (Lipinski definition) is 3. The van der Waals surface area contributed by atoms with Gasteiger partial charge in [-0.2, -0.15) is 0 Å². The molecule has 3 nitrogen and oxygen atoms in total. The molecular formula is C24H40O3Si. The van der Waals surface area contributed by atoms with Crippen molar-refractivity contribution in [1.29, 1.82) is 0 Å². The molecule has 0 fully saturated rings. The molecule has 1 aliphatic carbocycles. The fourth-order valence-corrected chi connectivity index (χ4v) is 4.78. The van der Waals surface area contributed by atoms with Crippen molar-refractivity contribution in [2.24, 2.45) is 5.41 Å². The van der Waals surface area contributed by atoms with Crippen molar-refractivity contribution in [3.05, 3.63) is 24.3 Å². The van der Waals surface area contributed by atoms with Crippen molar-refractivity contribution in [2.75, 3.05) is 7.11 Å². The Morgan fingerprint density at radius 3 is 2.68 bits per heavy atom. The predicted molar refractivity (Wildman–Crippen MR) is 121 cm³/mol. The van der Waals surface area contributed by atoms with Crippen molar-refractivity contribution >= 4 is 14.3 Å². The Bertz CT molecular complexity index is 630. The molecule has 0 aromatic heterocycles. The molecule has 1 aliphatic rings. The number of carbonyl (C=O) groups excluding carboxylic acids is 1. The summed E-state index contributed by atoms with van der Waals surface area (Å²) in [6.45, 7) is 17.6. The third kappa shape index (κ3) is 6.35. The SMILES string of the molecule is C=CCC[C@@]1(C#CCCCC(=O)OC)C(C)=CCC[C@@H]1O[Si](C)(C)C(C)(C)C. The monoisotopic (exact) mass is 404 g/mol. The molecule has 0 aromatic carbocycles. The summed E-state index contributed by atoms with van der Waals surface area (Å²) in [7, 11) is -0.478. The van der Waals surface area contributed by atoms with Crippen LogP contribution in [0.4, 0.5) is 0 Å². The number of ether oxygens (including phenoxy) is 1. The normalized spacial score (nSPS) is 22.7. The number of carbonyl (C=O) groups is 1. The Morgan fingerprint density at radius 2 is 2.11 bits per heavy atom. The molecule has 4 heteroatoms. The Hall–Kier alpha value is -1.31. The zero-order valence-corrected chi connectivity index (χ0v) is 20.1. The lowest BCUT2D eigenvalue weighted by atomic mass is 9.68. The second kappa shape index (κ2) is 10.5. The summed E-state index contributed by atoms with van der Waals surface area (Å²) in [5.41, 5.74) is 1.07. The molecule has 0 aliphatic heterocycles. The second-order valence-electron chi connectivity index (χ2n) is 9.36. The summed E-state index contributed by atoms with van der Waals surface area (Å²) in [5.74, 6) is 6.82. The minimum atomic E-state index is -1.91. The number of hydrogen-bond donors (Lipinski definition) is 0. The maximum absolute atomic E-state index is 11.3. The van der Waals surface area contributed by atoms with Gasteiger partial charge in [0, 0.05) is 12.8 Å². The lowest BCUT2D eigenvalue weighted by Gasteiger charge is -2.47. The number of methoxy groups -OCH3 is 1. The van der Waals surface area contributed by atoms with Gasteiger partial charge in [0.2, 0.25) is 0 Å². The van der Waals surface area contributed by atoms with Crippen molar-refractivity contribution in [2.45, 2.75) is 96.9 Å². The van der Waals surface area contributed by atoms with Crippen LogP contribution in [-0.2, 0) is 14.0 Å². The van der Waals surface area contributed by atoms with Gasteiger partial charge in [-0.1, -0.05) is 44.4 Å². The van der Waals surface area contributed by atoms with Gasteiger partial charge in [0.1, 0.15) is 0 Å². The fourth-order valence-electron chi connectivity index (χ4n) is 3.40. The predicted octanol–water partition coefficient (Wildman–Crippen LogP) is 6.42. The van der Waals surface area contributed by atoms with E-state index >= 15 is 0 Å². The first-order valence-electron chi connectivity index (χ1n) is 10.5. The van der Waals surface area contributed by atoms with Crippen molar-refractivity contribution < 1.29 is 14.0 Å². The molecule has 0 bridgehead atoms. The summed E-state index contributed by atoms with van der Waals surface area (Å²) in [6, 6.07) is 0. The Morgan fingerprint density at radius 1 is 1.43 bits per heavy atom. The van der Waals surface area contributed by atoms with Crippen LogP contribution >= 0.6 is 0 Å². The number of allylic oxidation sites excluding steroid dienone is 2. The third-order valence-electron chi connectivity index (χ3n) is 6.34. The average Bonchev–Trinajstić information content (AvgIpc) is 2.61. The van der Waals surface area contributed by atoms with E-state index in [1.54, 1.807) is 0 Å². The molecule has 0 heterocycles. The first-order chi connectivity index (χ1) is 13.0. The van der Waals surface area contributed by atoms with Gasteiger partial charge < -0.3 is 9.16 Å². The van der Waals surface area contributed by atoms with Gasteiger partial charge in [0.15, 0.2) is 8.32 Å². The van der Waals surface area contributed by atoms with E-state index < -0.39 is 8.32 Å². The van der Waals surface area contributed by atoms with E-state index in [0.29, 0.717) is 12.8 Å². The van der Waals surface area contributed by atoms with Crippen LogP contribution in [0.15, 0.2) is 24.3 Å². The molecule has 2 atom stereocenters. The Balaban J connectivity index is 3.13. The lowest BCUT2D eigenvalue weighted by molar-refractivity contribution is -0.140. The first-order valence-corrected chi connectivity index (χ1v) is 13.4. The molecule has 28 heavy (non-hydrogen) atoms. The smallest absolute Gasteiger partial charge is 0.305 e. The van der Waals surface area contributed by atoms with Gasteiger partial charge in [0.05, 0.1) is 18.6 Å². The van der Waals surface area contributed by atoms with Crippen LogP contribution in [0.3, 0.4) is 0 Å². The van der Waals surface area contributed by atoms with Gasteiger partial charge in [-0.3, -0.25) is 4.79 Å². The largest absolute Gasteiger partial charge is 0.469 e. The summed E-state index contributed by atoms with van der Waals surface area (Å²) in [6.07, 6.45) is 10.2. The van der Waals surface area contributed by atoms with E-state index in [4.69, 9.17) is 9.16 Å². The molecule has 0 spiro atoms. The molecule has 0 saturated carbocycles. The van der Waals surface area contributed by atoms with Gasteiger partial charge in [-0.25, -0.2) is 0 Å². The molecule has 0 amide bonds. The van der Waals surface area contributed by atoms with Gasteiger partial charge in [-0.15, -0.1) is 12.5 Å². The average molecular weight is 405 g/mol. The van der Waals surface area contributed by atoms with E-state index in [0.717, 1.165) is 32.1 Å². The molecule has 0 saturated heterocycles. The van der Waals surface area contributed by atoms with Gasteiger partial charge in [-0.05, 0) is 57.2 Å². The Labute approximate surface area is 174 Å². The highest BCUT2D eigenvalue weighted by Crippen LogP contribution is 2.47. The summed E-state index contributed by atoms with van der Waals surface area (Å²) < 4.78 is 11.6. The Kier molecular flexibility index (Phi) is 9.24. The summed E-state index contributed by atoms with van der Waals surface area (Å²) in [5, 5.41) is 0.167. The van der Waals surface area contributed by atoms with Crippen molar-refractivity contribution in [3.63, 3.8) is 0 Å². The summed E-state index contributed by atoms with van der Waals surface area (Å²) in [4.78, 5) is 11.3. The standard InChI is InChI=1S/C24H40O3Si/c1-9-10-18-24(19-13-11-12-17-22(25)26-6)20(2)15-14-16-21(24)27-28(7,8)23(3,4)5/h9,15,21H,1,10-12,14,16-18H2,2-8H3/t21-,24+/m0/s1. The number of unbranched alkanes of at least 4 members (excludes halogenated alkanes) is 1. The van der Waals surface area contributed by atoms with Crippen LogP contribution in [0.25, 0.3) is 0 Å². The highest BCUT2D eigenvalue weighted by Gasteiger charge is 2.47. The quantitative estimate of drug-likeness (QED) is 0.154. The zero-order chi connectivity index (χ0) is 21.4. The van der Waals surface area contributed by atoms with Crippen LogP contribution in [0, 0.1) is 17.3 Å². The molecular weight excluding hydrogens is 364 g/mol. The highest BCUT2D eigenvalue weighted by atomic mass is 28.4. The maximum Gasteiger partial charge on any atom is 0.305 e. The van der Waals surface area contributed by atoms with Crippen LogP contribution < -0.4 is 0 Å². The van der Waals surface area contributed by atoms with Crippen molar-refractivity contribution in [3.8, 4) is 11.8 Å². The maximum atomic E-state index is 11.3.